The van der Waals surface area contributed by atoms with Gasteiger partial charge in [-0.15, -0.1) is 0 Å². The molecule has 0 aliphatic heterocycles. The fraction of sp³-hybridized carbons (Fsp3) is 0. The maximum atomic E-state index is 10.1. The predicted octanol–water partition coefficient (Wildman–Crippen LogP) is 2.21. The van der Waals surface area contributed by atoms with Crippen molar-refractivity contribution < 1.29 is 9.90 Å². The van der Waals surface area contributed by atoms with Crippen LogP contribution in [0.1, 0.15) is 11.1 Å². The first kappa shape index (κ1) is 10.7. The molecule has 0 amide bonds. The van der Waals surface area contributed by atoms with Crippen molar-refractivity contribution in [2.24, 2.45) is 0 Å². The van der Waals surface area contributed by atoms with Crippen molar-refractivity contribution in [1.82, 2.24) is 0 Å². The standard InChI is InChI=1S/C12H9NO2/c13-9-11-6-3-5-10(8-11)4-1-2-7-12(14)15/h1-8H,(H,14,15)/b4-1+,7-2+. The minimum Gasteiger partial charge on any atom is -0.478 e. The van der Waals surface area contributed by atoms with Crippen molar-refractivity contribution in [3.63, 3.8) is 0 Å². The van der Waals surface area contributed by atoms with E-state index in [-0.39, 0.29) is 0 Å². The van der Waals surface area contributed by atoms with Gasteiger partial charge in [0.15, 0.2) is 0 Å². The maximum Gasteiger partial charge on any atom is 0.328 e. The van der Waals surface area contributed by atoms with Crippen molar-refractivity contribution in [2.45, 2.75) is 0 Å². The maximum absolute atomic E-state index is 10.1. The van der Waals surface area contributed by atoms with Crippen LogP contribution in [0.2, 0.25) is 0 Å². The highest BCUT2D eigenvalue weighted by Crippen LogP contribution is 2.05. The molecule has 1 aromatic rings. The molecule has 0 atom stereocenters. The molecule has 0 aromatic heterocycles. The molecule has 3 nitrogen and oxygen atoms in total. The van der Waals surface area contributed by atoms with Crippen molar-refractivity contribution in [3.05, 3.63) is 53.6 Å². The summed E-state index contributed by atoms with van der Waals surface area (Å²) in [5.41, 5.74) is 1.45. The zero-order valence-corrected chi connectivity index (χ0v) is 7.92. The predicted molar refractivity (Wildman–Crippen MR) is 57.0 cm³/mol. The third-order valence-electron chi connectivity index (χ3n) is 1.65. The zero-order chi connectivity index (χ0) is 11.1. The molecule has 3 heteroatoms. The summed E-state index contributed by atoms with van der Waals surface area (Å²) in [6.45, 7) is 0. The number of hydrogen-bond acceptors (Lipinski definition) is 2. The van der Waals surface area contributed by atoms with E-state index in [4.69, 9.17) is 10.4 Å². The molecule has 0 bridgehead atoms. The molecule has 0 aliphatic rings. The van der Waals surface area contributed by atoms with Gasteiger partial charge in [0.2, 0.25) is 0 Å². The summed E-state index contributed by atoms with van der Waals surface area (Å²) in [6.07, 6.45) is 5.83. The Hall–Kier alpha value is -2.34. The lowest BCUT2D eigenvalue weighted by Gasteiger charge is -1.91. The van der Waals surface area contributed by atoms with Crippen molar-refractivity contribution in [3.8, 4) is 6.07 Å². The van der Waals surface area contributed by atoms with E-state index in [1.807, 2.05) is 12.1 Å². The van der Waals surface area contributed by atoms with Crippen molar-refractivity contribution in [2.75, 3.05) is 0 Å². The number of nitrogens with zero attached hydrogens (tertiary/aromatic N) is 1. The number of hydrogen-bond donors (Lipinski definition) is 1. The smallest absolute Gasteiger partial charge is 0.328 e. The third-order valence-corrected chi connectivity index (χ3v) is 1.65. The molecule has 0 aliphatic carbocycles. The lowest BCUT2D eigenvalue weighted by molar-refractivity contribution is -0.131. The van der Waals surface area contributed by atoms with Crippen LogP contribution in [0.25, 0.3) is 6.08 Å². The molecule has 0 heterocycles. The van der Waals surface area contributed by atoms with E-state index in [1.165, 1.54) is 6.08 Å². The van der Waals surface area contributed by atoms with Crippen molar-refractivity contribution >= 4 is 12.0 Å². The van der Waals surface area contributed by atoms with Crippen LogP contribution in [0.5, 0.6) is 0 Å². The van der Waals surface area contributed by atoms with E-state index in [0.717, 1.165) is 11.6 Å². The monoisotopic (exact) mass is 199 g/mol. The molecule has 0 unspecified atom stereocenters. The van der Waals surface area contributed by atoms with E-state index in [9.17, 15) is 4.79 Å². The van der Waals surface area contributed by atoms with Gasteiger partial charge in [0.25, 0.3) is 0 Å². The number of carboxylic acids is 1. The van der Waals surface area contributed by atoms with Crippen LogP contribution in [-0.2, 0) is 4.79 Å². The van der Waals surface area contributed by atoms with Gasteiger partial charge in [0.05, 0.1) is 11.6 Å². The molecule has 0 saturated carbocycles. The Balaban J connectivity index is 2.73. The Labute approximate surface area is 87.6 Å². The highest BCUT2D eigenvalue weighted by molar-refractivity contribution is 5.80. The zero-order valence-electron chi connectivity index (χ0n) is 7.92. The van der Waals surface area contributed by atoms with Crippen LogP contribution in [-0.4, -0.2) is 11.1 Å². The Bertz CT molecular complexity index is 453. The molecular formula is C12H9NO2. The molecule has 0 radical (unpaired) electrons. The van der Waals surface area contributed by atoms with Gasteiger partial charge in [-0.3, -0.25) is 0 Å². The molecule has 0 spiro atoms. The second kappa shape index (κ2) is 5.40. The van der Waals surface area contributed by atoms with Gasteiger partial charge in [0.1, 0.15) is 0 Å². The van der Waals surface area contributed by atoms with E-state index >= 15 is 0 Å². The van der Waals surface area contributed by atoms with Crippen LogP contribution in [0.15, 0.2) is 42.5 Å². The van der Waals surface area contributed by atoms with E-state index < -0.39 is 5.97 Å². The van der Waals surface area contributed by atoms with E-state index in [2.05, 4.69) is 0 Å². The Morgan fingerprint density at radius 3 is 2.87 bits per heavy atom. The largest absolute Gasteiger partial charge is 0.478 e. The number of carboxylic acid groups (broad SMARTS) is 1. The quantitative estimate of drug-likeness (QED) is 0.599. The van der Waals surface area contributed by atoms with Gasteiger partial charge in [0, 0.05) is 6.08 Å². The van der Waals surface area contributed by atoms with Gasteiger partial charge < -0.3 is 5.11 Å². The second-order valence-corrected chi connectivity index (χ2v) is 2.79. The first-order valence-electron chi connectivity index (χ1n) is 4.30. The summed E-state index contributed by atoms with van der Waals surface area (Å²) < 4.78 is 0. The lowest BCUT2D eigenvalue weighted by Crippen LogP contribution is -1.84. The van der Waals surface area contributed by atoms with E-state index in [0.29, 0.717) is 5.56 Å². The van der Waals surface area contributed by atoms with Crippen LogP contribution < -0.4 is 0 Å². The minimum absolute atomic E-state index is 0.583. The van der Waals surface area contributed by atoms with Gasteiger partial charge in [-0.2, -0.15) is 5.26 Å². The molecule has 0 saturated heterocycles. The van der Waals surface area contributed by atoms with Crippen LogP contribution >= 0.6 is 0 Å². The van der Waals surface area contributed by atoms with Gasteiger partial charge in [-0.1, -0.05) is 30.4 Å². The Morgan fingerprint density at radius 1 is 1.40 bits per heavy atom. The Morgan fingerprint density at radius 2 is 2.20 bits per heavy atom. The molecular weight excluding hydrogens is 190 g/mol. The molecule has 0 fully saturated rings. The number of nitriles is 1. The summed E-state index contributed by atoms with van der Waals surface area (Å²) in [6, 6.07) is 9.09. The number of benzene rings is 1. The SMILES string of the molecule is N#Cc1cccc(/C=C/C=C/C(=O)O)c1. The lowest BCUT2D eigenvalue weighted by atomic mass is 10.1. The third kappa shape index (κ3) is 3.92. The minimum atomic E-state index is -0.981. The van der Waals surface area contributed by atoms with E-state index in [1.54, 1.807) is 30.4 Å². The fourth-order valence-corrected chi connectivity index (χ4v) is 1.02. The van der Waals surface area contributed by atoms with Crippen LogP contribution in [0.4, 0.5) is 0 Å². The number of rotatable bonds is 3. The van der Waals surface area contributed by atoms with Gasteiger partial charge >= 0.3 is 5.97 Å². The number of aliphatic carboxylic acids is 1. The average molecular weight is 199 g/mol. The summed E-state index contributed by atoms with van der Waals surface area (Å²) in [5.74, 6) is -0.981. The topological polar surface area (TPSA) is 61.1 Å². The highest BCUT2D eigenvalue weighted by Gasteiger charge is 1.89. The molecule has 1 N–H and O–H groups in total. The number of allylic oxidation sites excluding steroid dienone is 2. The summed E-state index contributed by atoms with van der Waals surface area (Å²) in [5, 5.41) is 17.0. The first-order chi connectivity index (χ1) is 7.22. The molecule has 1 rings (SSSR count). The summed E-state index contributed by atoms with van der Waals surface area (Å²) >= 11 is 0. The van der Waals surface area contributed by atoms with Crippen molar-refractivity contribution in [1.29, 1.82) is 5.26 Å². The fourth-order valence-electron chi connectivity index (χ4n) is 1.02. The Kier molecular flexibility index (Phi) is 3.87. The van der Waals surface area contributed by atoms with Crippen LogP contribution in [0.3, 0.4) is 0 Å². The summed E-state index contributed by atoms with van der Waals surface area (Å²) in [7, 11) is 0. The number of carbonyl (C=O) groups is 1. The van der Waals surface area contributed by atoms with Gasteiger partial charge in [-0.05, 0) is 17.7 Å². The normalized spacial score (nSPS) is 10.6. The average Bonchev–Trinajstić information content (AvgIpc) is 2.24. The highest BCUT2D eigenvalue weighted by atomic mass is 16.4. The first-order valence-corrected chi connectivity index (χ1v) is 4.30. The second-order valence-electron chi connectivity index (χ2n) is 2.79. The summed E-state index contributed by atoms with van der Waals surface area (Å²) in [4.78, 5) is 10.1. The van der Waals surface area contributed by atoms with Crippen LogP contribution in [0, 0.1) is 11.3 Å². The molecule has 74 valence electrons. The van der Waals surface area contributed by atoms with Gasteiger partial charge in [-0.25, -0.2) is 4.79 Å². The molecule has 1 aromatic carbocycles. The molecule has 15 heavy (non-hydrogen) atoms.